The highest BCUT2D eigenvalue weighted by Crippen LogP contribution is 2.08. The molecule has 1 aromatic heterocycles. The van der Waals surface area contributed by atoms with Crippen molar-refractivity contribution in [2.45, 2.75) is 46.3 Å². The number of esters is 1. The van der Waals surface area contributed by atoms with Gasteiger partial charge in [0.1, 0.15) is 6.54 Å². The molecule has 0 N–H and O–H groups in total. The fraction of sp³-hybridized carbons (Fsp3) is 0.778. The van der Waals surface area contributed by atoms with Gasteiger partial charge in [0.05, 0.1) is 6.10 Å². The van der Waals surface area contributed by atoms with Gasteiger partial charge in [-0.15, -0.1) is 5.10 Å². The van der Waals surface area contributed by atoms with Crippen LogP contribution in [0.3, 0.4) is 0 Å². The minimum Gasteiger partial charge on any atom is -0.462 e. The number of carbonyl (C=O) groups excluding carboxylic acids is 1. The van der Waals surface area contributed by atoms with E-state index in [1.165, 1.54) is 4.68 Å². The van der Waals surface area contributed by atoms with Gasteiger partial charge < -0.3 is 4.74 Å². The zero-order valence-electron chi connectivity index (χ0n) is 9.47. The molecule has 0 fully saturated rings. The van der Waals surface area contributed by atoms with Gasteiger partial charge in [-0.05, 0) is 24.3 Å². The third-order valence-corrected chi connectivity index (χ3v) is 1.72. The second-order valence-corrected chi connectivity index (χ2v) is 3.89. The molecule has 0 radical (unpaired) electrons. The summed E-state index contributed by atoms with van der Waals surface area (Å²) in [5, 5.41) is 11.1. The number of nitrogens with zero attached hydrogens (tertiary/aromatic N) is 4. The number of ether oxygens (including phenoxy) is 1. The van der Waals surface area contributed by atoms with E-state index < -0.39 is 0 Å². The lowest BCUT2D eigenvalue weighted by molar-refractivity contribution is -0.148. The van der Waals surface area contributed by atoms with Gasteiger partial charge >= 0.3 is 5.97 Å². The zero-order chi connectivity index (χ0) is 11.4. The second kappa shape index (κ2) is 4.86. The SMILES string of the molecule is CC(C)OC(=O)Cn1nnnc1C(C)C. The number of aromatic nitrogens is 4. The summed E-state index contributed by atoms with van der Waals surface area (Å²) in [5.74, 6) is 0.557. The van der Waals surface area contributed by atoms with Crippen molar-refractivity contribution in [3.63, 3.8) is 0 Å². The third kappa shape index (κ3) is 3.30. The molecule has 15 heavy (non-hydrogen) atoms. The highest BCUT2D eigenvalue weighted by atomic mass is 16.5. The van der Waals surface area contributed by atoms with Crippen molar-refractivity contribution in [3.05, 3.63) is 5.82 Å². The largest absolute Gasteiger partial charge is 0.462 e. The van der Waals surface area contributed by atoms with Crippen LogP contribution in [0.5, 0.6) is 0 Å². The van der Waals surface area contributed by atoms with Crippen molar-refractivity contribution in [2.75, 3.05) is 0 Å². The molecular formula is C9H16N4O2. The van der Waals surface area contributed by atoms with Crippen LogP contribution in [0.1, 0.15) is 39.4 Å². The Bertz CT molecular complexity index is 333. The molecule has 6 nitrogen and oxygen atoms in total. The minimum atomic E-state index is -0.320. The van der Waals surface area contributed by atoms with Gasteiger partial charge in [0.2, 0.25) is 0 Å². The topological polar surface area (TPSA) is 69.9 Å². The Kier molecular flexibility index (Phi) is 3.76. The van der Waals surface area contributed by atoms with Gasteiger partial charge in [-0.25, -0.2) is 4.68 Å². The Labute approximate surface area is 88.6 Å². The van der Waals surface area contributed by atoms with E-state index >= 15 is 0 Å². The predicted molar refractivity (Wildman–Crippen MR) is 53.1 cm³/mol. The fourth-order valence-electron chi connectivity index (χ4n) is 1.16. The van der Waals surface area contributed by atoms with Crippen LogP contribution in [0.25, 0.3) is 0 Å². The third-order valence-electron chi connectivity index (χ3n) is 1.72. The summed E-state index contributed by atoms with van der Waals surface area (Å²) in [6.07, 6.45) is -0.114. The molecule has 0 atom stereocenters. The number of hydrogen-bond donors (Lipinski definition) is 0. The summed E-state index contributed by atoms with van der Waals surface area (Å²) in [6, 6.07) is 0. The molecule has 1 rings (SSSR count). The predicted octanol–water partition coefficient (Wildman–Crippen LogP) is 0.748. The molecule has 0 aromatic carbocycles. The van der Waals surface area contributed by atoms with Crippen molar-refractivity contribution >= 4 is 5.97 Å². The van der Waals surface area contributed by atoms with Gasteiger partial charge in [0.25, 0.3) is 0 Å². The van der Waals surface area contributed by atoms with Crippen molar-refractivity contribution < 1.29 is 9.53 Å². The van der Waals surface area contributed by atoms with Crippen LogP contribution in [-0.2, 0) is 16.1 Å². The first-order chi connectivity index (χ1) is 7.00. The summed E-state index contributed by atoms with van der Waals surface area (Å²) in [6.45, 7) is 7.62. The molecule has 0 bridgehead atoms. The molecule has 0 saturated heterocycles. The van der Waals surface area contributed by atoms with Crippen molar-refractivity contribution in [1.29, 1.82) is 0 Å². The zero-order valence-corrected chi connectivity index (χ0v) is 9.47. The number of rotatable bonds is 4. The van der Waals surface area contributed by atoms with Gasteiger partial charge in [-0.2, -0.15) is 0 Å². The van der Waals surface area contributed by atoms with Gasteiger partial charge in [-0.3, -0.25) is 4.79 Å². The lowest BCUT2D eigenvalue weighted by Gasteiger charge is -2.09. The highest BCUT2D eigenvalue weighted by molar-refractivity contribution is 5.69. The Balaban J connectivity index is 2.64. The van der Waals surface area contributed by atoms with Crippen molar-refractivity contribution in [1.82, 2.24) is 20.2 Å². The van der Waals surface area contributed by atoms with Crippen LogP contribution in [0.15, 0.2) is 0 Å². The lowest BCUT2D eigenvalue weighted by Crippen LogP contribution is -2.20. The van der Waals surface area contributed by atoms with E-state index in [0.717, 1.165) is 0 Å². The number of hydrogen-bond acceptors (Lipinski definition) is 5. The number of carbonyl (C=O) groups is 1. The highest BCUT2D eigenvalue weighted by Gasteiger charge is 2.14. The Morgan fingerprint density at radius 1 is 1.40 bits per heavy atom. The van der Waals surface area contributed by atoms with E-state index in [-0.39, 0.29) is 24.5 Å². The maximum Gasteiger partial charge on any atom is 0.328 e. The molecule has 1 aromatic rings. The van der Waals surface area contributed by atoms with E-state index in [2.05, 4.69) is 15.5 Å². The van der Waals surface area contributed by atoms with Crippen molar-refractivity contribution in [3.8, 4) is 0 Å². The maximum atomic E-state index is 11.4. The molecule has 0 aliphatic heterocycles. The van der Waals surface area contributed by atoms with E-state index in [1.54, 1.807) is 13.8 Å². The summed E-state index contributed by atoms with van der Waals surface area (Å²) < 4.78 is 6.47. The first-order valence-corrected chi connectivity index (χ1v) is 4.96. The Hall–Kier alpha value is -1.46. The first-order valence-electron chi connectivity index (χ1n) is 4.96. The molecule has 0 unspecified atom stereocenters. The molecule has 84 valence electrons. The van der Waals surface area contributed by atoms with Crippen LogP contribution < -0.4 is 0 Å². The fourth-order valence-corrected chi connectivity index (χ4v) is 1.16. The Morgan fingerprint density at radius 3 is 2.60 bits per heavy atom. The molecule has 0 amide bonds. The van der Waals surface area contributed by atoms with E-state index in [0.29, 0.717) is 5.82 Å². The molecule has 0 saturated carbocycles. The van der Waals surface area contributed by atoms with Gasteiger partial charge in [0, 0.05) is 5.92 Å². The average Bonchev–Trinajstić information content (AvgIpc) is 2.50. The standard InChI is InChI=1S/C9H16N4O2/c1-6(2)9-10-11-12-13(9)5-8(14)15-7(3)4/h6-7H,5H2,1-4H3. The number of tetrazole rings is 1. The normalized spacial score (nSPS) is 11.1. The van der Waals surface area contributed by atoms with Crippen LogP contribution >= 0.6 is 0 Å². The van der Waals surface area contributed by atoms with Crippen LogP contribution in [0.2, 0.25) is 0 Å². The molecule has 0 spiro atoms. The molecule has 0 aliphatic carbocycles. The second-order valence-electron chi connectivity index (χ2n) is 3.89. The van der Waals surface area contributed by atoms with Crippen LogP contribution in [0.4, 0.5) is 0 Å². The molecular weight excluding hydrogens is 196 g/mol. The van der Waals surface area contributed by atoms with E-state index in [4.69, 9.17) is 4.74 Å². The monoisotopic (exact) mass is 212 g/mol. The van der Waals surface area contributed by atoms with Gasteiger partial charge in [0.15, 0.2) is 5.82 Å². The lowest BCUT2D eigenvalue weighted by atomic mass is 10.2. The first kappa shape index (κ1) is 11.6. The van der Waals surface area contributed by atoms with E-state index in [1.807, 2.05) is 13.8 Å². The molecule has 0 aliphatic rings. The summed E-state index contributed by atoms with van der Waals surface area (Å²) in [7, 11) is 0. The maximum absolute atomic E-state index is 11.4. The smallest absolute Gasteiger partial charge is 0.328 e. The summed E-state index contributed by atoms with van der Waals surface area (Å²) in [4.78, 5) is 11.4. The van der Waals surface area contributed by atoms with Crippen LogP contribution in [0, 0.1) is 0 Å². The Morgan fingerprint density at radius 2 is 2.07 bits per heavy atom. The molecule has 6 heteroatoms. The minimum absolute atomic E-state index is 0.0681. The quantitative estimate of drug-likeness (QED) is 0.689. The van der Waals surface area contributed by atoms with Crippen LogP contribution in [-0.4, -0.2) is 32.3 Å². The van der Waals surface area contributed by atoms with E-state index in [9.17, 15) is 4.79 Å². The molecule has 1 heterocycles. The van der Waals surface area contributed by atoms with Crippen molar-refractivity contribution in [2.24, 2.45) is 0 Å². The summed E-state index contributed by atoms with van der Waals surface area (Å²) >= 11 is 0. The average molecular weight is 212 g/mol. The van der Waals surface area contributed by atoms with Gasteiger partial charge in [-0.1, -0.05) is 13.8 Å². The summed E-state index contributed by atoms with van der Waals surface area (Å²) in [5.41, 5.74) is 0.